The predicted octanol–water partition coefficient (Wildman–Crippen LogP) is 4.76. The zero-order valence-corrected chi connectivity index (χ0v) is 16.0. The number of aromatic amines is 2. The molecule has 0 atom stereocenters. The Bertz CT molecular complexity index is 1310. The average molecular weight is 383 g/mol. The minimum atomic E-state index is -0.912. The number of aryl methyl sites for hydroxylation is 3. The maximum Gasteiger partial charge on any atom is 0.303 e. The maximum atomic E-state index is 13.2. The SMILES string of the molecule is Cc1[nH]c2c(C)c3c([nH]c4ccc(Cl)cc43)c(C)c2c(=O)c1CCC(=O)O. The number of fused-ring (bicyclic) bond motifs is 4. The summed E-state index contributed by atoms with van der Waals surface area (Å²) in [5, 5.41) is 12.3. The van der Waals surface area contributed by atoms with Crippen molar-refractivity contribution >= 4 is 50.3 Å². The highest BCUT2D eigenvalue weighted by Crippen LogP contribution is 2.36. The number of aliphatic carboxylic acids is 1. The summed E-state index contributed by atoms with van der Waals surface area (Å²) < 4.78 is 0. The van der Waals surface area contributed by atoms with Gasteiger partial charge in [-0.1, -0.05) is 11.6 Å². The molecule has 2 aromatic heterocycles. The lowest BCUT2D eigenvalue weighted by Crippen LogP contribution is -2.16. The summed E-state index contributed by atoms with van der Waals surface area (Å²) in [7, 11) is 0. The summed E-state index contributed by atoms with van der Waals surface area (Å²) in [6.45, 7) is 5.74. The van der Waals surface area contributed by atoms with Gasteiger partial charge in [-0.25, -0.2) is 0 Å². The summed E-state index contributed by atoms with van der Waals surface area (Å²) in [4.78, 5) is 30.9. The van der Waals surface area contributed by atoms with Gasteiger partial charge in [0, 0.05) is 39.0 Å². The molecule has 0 aliphatic carbocycles. The second-order valence-electron chi connectivity index (χ2n) is 7.02. The fraction of sp³-hybridized carbons (Fsp3) is 0.238. The highest BCUT2D eigenvalue weighted by molar-refractivity contribution is 6.32. The molecule has 0 unspecified atom stereocenters. The largest absolute Gasteiger partial charge is 0.481 e. The third-order valence-corrected chi connectivity index (χ3v) is 5.60. The van der Waals surface area contributed by atoms with E-state index in [1.807, 2.05) is 39.0 Å². The third kappa shape index (κ3) is 2.61. The molecule has 0 radical (unpaired) electrons. The highest BCUT2D eigenvalue weighted by Gasteiger charge is 2.19. The van der Waals surface area contributed by atoms with Gasteiger partial charge in [0.25, 0.3) is 0 Å². The van der Waals surface area contributed by atoms with Crippen molar-refractivity contribution in [1.82, 2.24) is 9.97 Å². The van der Waals surface area contributed by atoms with Crippen molar-refractivity contribution in [2.24, 2.45) is 0 Å². The standard InChI is InChI=1S/C21H19ClN2O3/c1-9-17-14-8-12(22)4-6-15(14)24-19(17)10(2)18-20(9)23-11(3)13(21(18)27)5-7-16(25)26/h4,6,8,24H,5,7H2,1-3H3,(H,23,27)(H,25,26). The van der Waals surface area contributed by atoms with Gasteiger partial charge in [0.1, 0.15) is 0 Å². The van der Waals surface area contributed by atoms with Gasteiger partial charge in [-0.15, -0.1) is 0 Å². The molecule has 2 aromatic carbocycles. The van der Waals surface area contributed by atoms with Gasteiger partial charge in [-0.3, -0.25) is 9.59 Å². The fourth-order valence-electron chi connectivity index (χ4n) is 4.02. The van der Waals surface area contributed by atoms with Gasteiger partial charge in [0.2, 0.25) is 0 Å². The molecule has 3 N–H and O–H groups in total. The van der Waals surface area contributed by atoms with Gasteiger partial charge >= 0.3 is 5.97 Å². The second kappa shape index (κ2) is 6.13. The second-order valence-corrected chi connectivity index (χ2v) is 7.45. The third-order valence-electron chi connectivity index (χ3n) is 5.37. The molecule has 2 heterocycles. The number of hydrogen-bond donors (Lipinski definition) is 3. The average Bonchev–Trinajstić information content (AvgIpc) is 2.98. The summed E-state index contributed by atoms with van der Waals surface area (Å²) in [6.07, 6.45) is 0.145. The minimum absolute atomic E-state index is 0.0689. The first kappa shape index (κ1) is 17.6. The fourth-order valence-corrected chi connectivity index (χ4v) is 4.19. The smallest absolute Gasteiger partial charge is 0.303 e. The van der Waals surface area contributed by atoms with E-state index in [0.717, 1.165) is 38.4 Å². The molecule has 0 bridgehead atoms. The lowest BCUT2D eigenvalue weighted by Gasteiger charge is -2.13. The summed E-state index contributed by atoms with van der Waals surface area (Å²) >= 11 is 6.20. The molecule has 4 rings (SSSR count). The molecular formula is C21H19ClN2O3. The Balaban J connectivity index is 2.15. The number of pyridine rings is 1. The maximum absolute atomic E-state index is 13.2. The molecule has 27 heavy (non-hydrogen) atoms. The van der Waals surface area contributed by atoms with Gasteiger partial charge in [-0.05, 0) is 56.5 Å². The molecule has 0 amide bonds. The summed E-state index contributed by atoms with van der Waals surface area (Å²) in [5.74, 6) is -0.912. The summed E-state index contributed by atoms with van der Waals surface area (Å²) in [6, 6.07) is 5.70. The number of carboxylic acids is 1. The molecule has 6 heteroatoms. The van der Waals surface area contributed by atoms with E-state index in [-0.39, 0.29) is 18.3 Å². The van der Waals surface area contributed by atoms with Crippen molar-refractivity contribution in [3.05, 3.63) is 55.8 Å². The number of rotatable bonds is 3. The zero-order valence-electron chi connectivity index (χ0n) is 15.3. The Morgan fingerprint density at radius 3 is 2.44 bits per heavy atom. The van der Waals surface area contributed by atoms with Crippen LogP contribution in [-0.4, -0.2) is 21.0 Å². The van der Waals surface area contributed by atoms with E-state index < -0.39 is 5.97 Å². The normalized spacial score (nSPS) is 11.7. The number of carboxylic acid groups (broad SMARTS) is 1. The number of hydrogen-bond acceptors (Lipinski definition) is 2. The molecule has 0 spiro atoms. The zero-order chi connectivity index (χ0) is 19.5. The molecule has 0 fully saturated rings. The first-order valence-electron chi connectivity index (χ1n) is 8.77. The predicted molar refractivity (Wildman–Crippen MR) is 109 cm³/mol. The van der Waals surface area contributed by atoms with Crippen molar-refractivity contribution < 1.29 is 9.90 Å². The van der Waals surface area contributed by atoms with E-state index in [1.165, 1.54) is 0 Å². The molecule has 0 aliphatic rings. The van der Waals surface area contributed by atoms with Crippen molar-refractivity contribution in [3.63, 3.8) is 0 Å². The van der Waals surface area contributed by atoms with Crippen molar-refractivity contribution in [1.29, 1.82) is 0 Å². The van der Waals surface area contributed by atoms with Crippen molar-refractivity contribution in [2.45, 2.75) is 33.6 Å². The number of halogens is 1. The van der Waals surface area contributed by atoms with E-state index in [0.29, 0.717) is 21.7 Å². The van der Waals surface area contributed by atoms with Crippen molar-refractivity contribution in [2.75, 3.05) is 0 Å². The number of H-pyrrole nitrogens is 2. The van der Waals surface area contributed by atoms with Crippen LogP contribution in [0.4, 0.5) is 0 Å². The van der Waals surface area contributed by atoms with Crippen LogP contribution in [0.3, 0.4) is 0 Å². The molecule has 138 valence electrons. The quantitative estimate of drug-likeness (QED) is 0.477. The molecule has 5 nitrogen and oxygen atoms in total. The Morgan fingerprint density at radius 2 is 1.74 bits per heavy atom. The Kier molecular flexibility index (Phi) is 4.00. The topological polar surface area (TPSA) is 86.0 Å². The van der Waals surface area contributed by atoms with Crippen LogP contribution in [0.1, 0.15) is 28.8 Å². The number of carbonyl (C=O) groups is 1. The first-order chi connectivity index (χ1) is 12.8. The van der Waals surface area contributed by atoms with Crippen LogP contribution in [0.15, 0.2) is 23.0 Å². The molecule has 4 aromatic rings. The van der Waals surface area contributed by atoms with Gasteiger partial charge in [-0.2, -0.15) is 0 Å². The van der Waals surface area contributed by atoms with E-state index in [1.54, 1.807) is 0 Å². The number of aromatic nitrogens is 2. The Labute approximate surface area is 160 Å². The molecule has 0 saturated heterocycles. The molecule has 0 saturated carbocycles. The van der Waals surface area contributed by atoms with Crippen LogP contribution in [0.2, 0.25) is 5.02 Å². The summed E-state index contributed by atoms with van der Waals surface area (Å²) in [5.41, 5.74) is 5.66. The number of benzene rings is 2. The van der Waals surface area contributed by atoms with E-state index in [2.05, 4.69) is 9.97 Å². The van der Waals surface area contributed by atoms with Crippen LogP contribution >= 0.6 is 11.6 Å². The highest BCUT2D eigenvalue weighted by atomic mass is 35.5. The lowest BCUT2D eigenvalue weighted by atomic mass is 9.95. The lowest BCUT2D eigenvalue weighted by molar-refractivity contribution is -0.136. The van der Waals surface area contributed by atoms with E-state index in [4.69, 9.17) is 16.7 Å². The van der Waals surface area contributed by atoms with Gasteiger partial charge < -0.3 is 15.1 Å². The monoisotopic (exact) mass is 382 g/mol. The van der Waals surface area contributed by atoms with Gasteiger partial charge in [0.15, 0.2) is 5.43 Å². The van der Waals surface area contributed by atoms with Crippen LogP contribution < -0.4 is 5.43 Å². The Morgan fingerprint density at radius 1 is 1.07 bits per heavy atom. The van der Waals surface area contributed by atoms with Crippen LogP contribution in [-0.2, 0) is 11.2 Å². The van der Waals surface area contributed by atoms with Gasteiger partial charge in [0.05, 0.1) is 16.4 Å². The van der Waals surface area contributed by atoms with Crippen LogP contribution in [0.25, 0.3) is 32.7 Å². The van der Waals surface area contributed by atoms with Crippen molar-refractivity contribution in [3.8, 4) is 0 Å². The number of nitrogens with one attached hydrogen (secondary N) is 2. The van der Waals surface area contributed by atoms with Crippen LogP contribution in [0.5, 0.6) is 0 Å². The van der Waals surface area contributed by atoms with Crippen LogP contribution in [0, 0.1) is 20.8 Å². The molecular weight excluding hydrogens is 364 g/mol. The van der Waals surface area contributed by atoms with E-state index >= 15 is 0 Å². The van der Waals surface area contributed by atoms with E-state index in [9.17, 15) is 9.59 Å². The Hall–Kier alpha value is -2.79. The minimum Gasteiger partial charge on any atom is -0.481 e. The first-order valence-corrected chi connectivity index (χ1v) is 9.14. The molecule has 0 aliphatic heterocycles.